The van der Waals surface area contributed by atoms with Crippen molar-refractivity contribution in [2.24, 2.45) is 11.0 Å². The van der Waals surface area contributed by atoms with Crippen LogP contribution in [0.1, 0.15) is 25.3 Å². The van der Waals surface area contributed by atoms with Gasteiger partial charge in [0.05, 0.1) is 61.4 Å². The Balaban J connectivity index is 1.38. The number of anilines is 2. The number of hydrogen-bond donors (Lipinski definition) is 1. The molecule has 38 heavy (non-hydrogen) atoms. The number of ether oxygens (including phenoxy) is 2. The summed E-state index contributed by atoms with van der Waals surface area (Å²) in [4.78, 5) is 17.1. The van der Waals surface area contributed by atoms with Gasteiger partial charge >= 0.3 is 12.1 Å². The SMILES string of the molecule is COc1cc(N2CCC(OCc3ccc(N4N=C(C(F)(F)F)[C@@H](C)[C@@H]4CC(=O)O)cc3)C(F)C2)c(Cl)cn1. The van der Waals surface area contributed by atoms with Crippen molar-refractivity contribution in [2.45, 2.75) is 50.9 Å². The fraction of sp³-hybridized carbons (Fsp3) is 0.480. The van der Waals surface area contributed by atoms with E-state index in [1.54, 1.807) is 30.3 Å². The summed E-state index contributed by atoms with van der Waals surface area (Å²) in [6.45, 7) is 2.00. The van der Waals surface area contributed by atoms with E-state index in [0.29, 0.717) is 40.8 Å². The highest BCUT2D eigenvalue weighted by molar-refractivity contribution is 6.33. The molecule has 0 saturated carbocycles. The van der Waals surface area contributed by atoms with Crippen molar-refractivity contribution in [1.29, 1.82) is 0 Å². The van der Waals surface area contributed by atoms with Crippen LogP contribution in [0.3, 0.4) is 0 Å². The number of hydrazone groups is 1. The predicted molar refractivity (Wildman–Crippen MR) is 134 cm³/mol. The molecule has 8 nitrogen and oxygen atoms in total. The topological polar surface area (TPSA) is 87.5 Å². The van der Waals surface area contributed by atoms with Crippen LogP contribution in [-0.4, -0.2) is 66.5 Å². The fourth-order valence-corrected chi connectivity index (χ4v) is 4.91. The van der Waals surface area contributed by atoms with Crippen molar-refractivity contribution in [3.63, 3.8) is 0 Å². The lowest BCUT2D eigenvalue weighted by Crippen LogP contribution is -2.45. The molecule has 1 saturated heterocycles. The molecule has 206 valence electrons. The van der Waals surface area contributed by atoms with Crippen LogP contribution >= 0.6 is 11.6 Å². The van der Waals surface area contributed by atoms with Gasteiger partial charge in [-0.3, -0.25) is 9.80 Å². The van der Waals surface area contributed by atoms with Gasteiger partial charge < -0.3 is 19.5 Å². The van der Waals surface area contributed by atoms with Crippen LogP contribution in [0.25, 0.3) is 0 Å². The summed E-state index contributed by atoms with van der Waals surface area (Å²) in [7, 11) is 1.48. The molecule has 0 bridgehead atoms. The first-order valence-electron chi connectivity index (χ1n) is 11.9. The standard InChI is InChI=1S/C25H27ClF4N4O4/c1-14-19(10-23(35)36)34(32-24(14)25(28,29)30)16-5-3-15(4-6-16)13-38-21-7-8-33(12-18(21)27)20-9-22(37-2)31-11-17(20)26/h3-6,9,11,14,18-19,21H,7-8,10,12-13H2,1-2H3,(H,35,36)/t14-,18?,19-,21?/m0/s1. The molecule has 0 radical (unpaired) electrons. The first-order valence-corrected chi connectivity index (χ1v) is 12.3. The highest BCUT2D eigenvalue weighted by Crippen LogP contribution is 2.37. The Morgan fingerprint density at radius 2 is 1.97 bits per heavy atom. The molecule has 1 aromatic carbocycles. The molecule has 2 unspecified atom stereocenters. The average molecular weight is 559 g/mol. The number of pyridine rings is 1. The van der Waals surface area contributed by atoms with Gasteiger partial charge in [-0.1, -0.05) is 30.7 Å². The number of piperidine rings is 1. The normalized spacial score (nSPS) is 23.9. The summed E-state index contributed by atoms with van der Waals surface area (Å²) in [6, 6.07) is 7.07. The molecule has 1 N–H and O–H groups in total. The van der Waals surface area contributed by atoms with Crippen molar-refractivity contribution < 1.29 is 36.9 Å². The number of methoxy groups -OCH3 is 1. The number of aromatic nitrogens is 1. The summed E-state index contributed by atoms with van der Waals surface area (Å²) in [5.74, 6) is -1.95. The largest absolute Gasteiger partial charge is 0.481 e. The molecule has 1 fully saturated rings. The number of carboxylic acids is 1. The van der Waals surface area contributed by atoms with Crippen LogP contribution in [0, 0.1) is 5.92 Å². The molecule has 2 aliphatic rings. The Bertz CT molecular complexity index is 1180. The molecular formula is C25H27ClF4N4O4. The molecule has 1 aromatic heterocycles. The highest BCUT2D eigenvalue weighted by atomic mass is 35.5. The van der Waals surface area contributed by atoms with E-state index in [9.17, 15) is 27.5 Å². The van der Waals surface area contributed by atoms with E-state index in [1.807, 2.05) is 4.90 Å². The lowest BCUT2D eigenvalue weighted by Gasteiger charge is -2.36. The lowest BCUT2D eigenvalue weighted by atomic mass is 9.94. The van der Waals surface area contributed by atoms with Gasteiger partial charge in [0.2, 0.25) is 5.88 Å². The van der Waals surface area contributed by atoms with E-state index in [-0.39, 0.29) is 13.2 Å². The minimum Gasteiger partial charge on any atom is -0.481 e. The number of hydrogen-bond acceptors (Lipinski definition) is 7. The third kappa shape index (κ3) is 6.12. The maximum absolute atomic E-state index is 15.0. The third-order valence-corrected chi connectivity index (χ3v) is 7.01. The summed E-state index contributed by atoms with van der Waals surface area (Å²) in [5, 5.41) is 14.4. The van der Waals surface area contributed by atoms with Crippen LogP contribution in [0.15, 0.2) is 41.6 Å². The van der Waals surface area contributed by atoms with Gasteiger partial charge in [-0.15, -0.1) is 0 Å². The number of rotatable bonds is 8. The summed E-state index contributed by atoms with van der Waals surface area (Å²) in [5.41, 5.74) is 0.631. The van der Waals surface area contributed by atoms with Crippen molar-refractivity contribution in [1.82, 2.24) is 4.98 Å². The van der Waals surface area contributed by atoms with Crippen molar-refractivity contribution in [2.75, 3.05) is 30.1 Å². The number of carboxylic acid groups (broad SMARTS) is 1. The Morgan fingerprint density at radius 3 is 2.58 bits per heavy atom. The number of aliphatic carboxylic acids is 1. The molecule has 2 aliphatic heterocycles. The summed E-state index contributed by atoms with van der Waals surface area (Å²) < 4.78 is 66.1. The van der Waals surface area contributed by atoms with E-state index in [1.165, 1.54) is 20.2 Å². The Labute approximate surface area is 221 Å². The van der Waals surface area contributed by atoms with E-state index in [4.69, 9.17) is 21.1 Å². The maximum Gasteiger partial charge on any atom is 0.431 e. The van der Waals surface area contributed by atoms with Gasteiger partial charge in [0, 0.05) is 18.5 Å². The Hall–Kier alpha value is -3.12. The zero-order valence-electron chi connectivity index (χ0n) is 20.7. The van der Waals surface area contributed by atoms with Gasteiger partial charge in [-0.2, -0.15) is 18.3 Å². The molecular weight excluding hydrogens is 532 g/mol. The molecule has 4 rings (SSSR count). The Kier molecular flexibility index (Phi) is 8.31. The average Bonchev–Trinajstić information content (AvgIpc) is 3.19. The quantitative estimate of drug-likeness (QED) is 0.451. The number of carbonyl (C=O) groups is 1. The fourth-order valence-electron chi connectivity index (χ4n) is 4.68. The number of alkyl halides is 4. The monoisotopic (exact) mass is 558 g/mol. The van der Waals surface area contributed by atoms with Crippen molar-refractivity contribution in [3.05, 3.63) is 47.1 Å². The lowest BCUT2D eigenvalue weighted by molar-refractivity contribution is -0.137. The molecule has 2 aromatic rings. The van der Waals surface area contributed by atoms with Gasteiger partial charge in [0.1, 0.15) is 11.9 Å². The summed E-state index contributed by atoms with van der Waals surface area (Å²) >= 11 is 6.23. The van der Waals surface area contributed by atoms with E-state index in [2.05, 4.69) is 10.1 Å². The van der Waals surface area contributed by atoms with E-state index >= 15 is 0 Å². The van der Waals surface area contributed by atoms with Gasteiger partial charge in [-0.25, -0.2) is 9.37 Å². The first-order chi connectivity index (χ1) is 18.0. The van der Waals surface area contributed by atoms with Crippen molar-refractivity contribution in [3.8, 4) is 5.88 Å². The Morgan fingerprint density at radius 1 is 1.26 bits per heavy atom. The van der Waals surface area contributed by atoms with Crippen LogP contribution in [0.2, 0.25) is 5.02 Å². The van der Waals surface area contributed by atoms with Crippen LogP contribution in [0.4, 0.5) is 28.9 Å². The second-order valence-corrected chi connectivity index (χ2v) is 9.63. The smallest absolute Gasteiger partial charge is 0.431 e. The summed E-state index contributed by atoms with van der Waals surface area (Å²) in [6.07, 6.45) is -5.22. The molecule has 0 aliphatic carbocycles. The minimum atomic E-state index is -4.66. The number of nitrogens with zero attached hydrogens (tertiary/aromatic N) is 4. The maximum atomic E-state index is 15.0. The van der Waals surface area contributed by atoms with E-state index < -0.39 is 48.5 Å². The zero-order valence-corrected chi connectivity index (χ0v) is 21.4. The number of halogens is 5. The van der Waals surface area contributed by atoms with Crippen LogP contribution in [-0.2, 0) is 16.1 Å². The minimum absolute atomic E-state index is 0.0775. The third-order valence-electron chi connectivity index (χ3n) is 6.72. The predicted octanol–water partition coefficient (Wildman–Crippen LogP) is 5.09. The zero-order chi connectivity index (χ0) is 27.6. The molecule has 0 amide bonds. The van der Waals surface area contributed by atoms with E-state index in [0.717, 1.165) is 5.01 Å². The van der Waals surface area contributed by atoms with Crippen molar-refractivity contribution >= 4 is 34.7 Å². The molecule has 13 heteroatoms. The van der Waals surface area contributed by atoms with Crippen LogP contribution in [0.5, 0.6) is 5.88 Å². The molecule has 3 heterocycles. The molecule has 4 atom stereocenters. The van der Waals surface area contributed by atoms with Gasteiger partial charge in [0.25, 0.3) is 0 Å². The molecule has 0 spiro atoms. The van der Waals surface area contributed by atoms with Crippen LogP contribution < -0.4 is 14.6 Å². The highest BCUT2D eigenvalue weighted by Gasteiger charge is 2.48. The first kappa shape index (κ1) is 27.9. The number of benzene rings is 1. The second-order valence-electron chi connectivity index (χ2n) is 9.23. The van der Waals surface area contributed by atoms with Gasteiger partial charge in [-0.05, 0) is 24.1 Å². The van der Waals surface area contributed by atoms with Gasteiger partial charge in [0.15, 0.2) is 0 Å². The second kappa shape index (κ2) is 11.3.